The number of nitrogens with zero attached hydrogens (tertiary/aromatic N) is 18. The maximum atomic E-state index is 4.71. The molecule has 13 rings (SSSR count). The fourth-order valence-electron chi connectivity index (χ4n) is 3.62. The Hall–Kier alpha value is -9.36. The number of thiophene rings is 1. The van der Waals surface area contributed by atoms with Crippen molar-refractivity contribution in [2.24, 2.45) is 0 Å². The molecule has 78 heavy (non-hydrogen) atoms. The summed E-state index contributed by atoms with van der Waals surface area (Å²) >= 11 is 4.71. The molecule has 0 spiro atoms. The molecule has 0 saturated carbocycles. The Balaban J connectivity index is 0.000000422. The van der Waals surface area contributed by atoms with Gasteiger partial charge in [-0.05, 0) is 133 Å². The van der Waals surface area contributed by atoms with Crippen molar-refractivity contribution in [2.45, 2.75) is 90.0 Å². The van der Waals surface area contributed by atoms with E-state index < -0.39 is 0 Å². The number of furan rings is 1. The van der Waals surface area contributed by atoms with E-state index in [9.17, 15) is 0 Å². The summed E-state index contributed by atoms with van der Waals surface area (Å²) in [5.41, 5.74) is 7.46. The molecule has 13 aromatic rings. The molecule has 0 bridgehead atoms. The molecule has 416 valence electrons. The van der Waals surface area contributed by atoms with E-state index in [1.165, 1.54) is 59.9 Å². The average Bonchev–Trinajstić information content (AvgIpc) is 4.23. The minimum absolute atomic E-state index is 0.606. The predicted octanol–water partition coefficient (Wildman–Crippen LogP) is 9.84. The highest BCUT2D eigenvalue weighted by Gasteiger charge is 1.84. The SMILES string of the molecule is Cc1cc[nH]c1.Cc1ccoc1.Cc1ccsc1.Cc1cnc[nH]1.Cc1cnno1.Cc1conn1.Cc1ncc[nH]1.Cc1ncn[nH]1.Cc1ncn[nH]1.Cc1ncno1.Cc1ncns1.Cc1nnco1.Cc1nncs1. The molecule has 0 saturated heterocycles. The van der Waals surface area contributed by atoms with Crippen LogP contribution >= 0.6 is 34.2 Å². The van der Waals surface area contributed by atoms with Gasteiger partial charge in [0.1, 0.15) is 63.9 Å². The van der Waals surface area contributed by atoms with Crippen LogP contribution in [0.4, 0.5) is 0 Å². The van der Waals surface area contributed by atoms with Crippen LogP contribution < -0.4 is 0 Å². The average molecular weight is 1130 g/mol. The fourth-order valence-corrected chi connectivity index (χ4v) is 4.96. The van der Waals surface area contributed by atoms with Gasteiger partial charge in [-0.15, -0.1) is 41.9 Å². The molecule has 13 aromatic heterocycles. The Labute approximate surface area is 462 Å². The monoisotopic (exact) mass is 1130 g/mol. The molecular weight excluding hydrogens is 1060 g/mol. The minimum Gasteiger partial charge on any atom is -0.472 e. The van der Waals surface area contributed by atoms with Gasteiger partial charge >= 0.3 is 0 Å². The van der Waals surface area contributed by atoms with Gasteiger partial charge in [0.25, 0.3) is 0 Å². The molecule has 0 amide bonds. The summed E-state index contributed by atoms with van der Waals surface area (Å²) < 4.78 is 26.4. The first-order chi connectivity index (χ1) is 37.6. The van der Waals surface area contributed by atoms with Crippen LogP contribution in [0.5, 0.6) is 0 Å². The number of nitrogens with one attached hydrogen (secondary N) is 5. The van der Waals surface area contributed by atoms with Crippen LogP contribution in [0.3, 0.4) is 0 Å². The fraction of sp³-hybridized carbons (Fsp3) is 0.277. The number of aromatic amines is 5. The van der Waals surface area contributed by atoms with Crippen molar-refractivity contribution in [1.82, 2.24) is 116 Å². The van der Waals surface area contributed by atoms with Gasteiger partial charge in [-0.1, -0.05) is 5.16 Å². The Morgan fingerprint density at radius 2 is 1.36 bits per heavy atom. The first-order valence-corrected chi connectivity index (χ1v) is 25.2. The van der Waals surface area contributed by atoms with Crippen LogP contribution in [-0.4, -0.2) is 116 Å². The first kappa shape index (κ1) is 66.7. The minimum atomic E-state index is 0.606. The highest BCUT2D eigenvalue weighted by atomic mass is 32.1. The van der Waals surface area contributed by atoms with E-state index >= 15 is 0 Å². The Morgan fingerprint density at radius 1 is 0.590 bits per heavy atom. The maximum Gasteiger partial charge on any atom is 0.223 e. The zero-order valence-corrected chi connectivity index (χ0v) is 47.9. The number of H-pyrrole nitrogens is 5. The van der Waals surface area contributed by atoms with Crippen LogP contribution in [0.15, 0.2) is 151 Å². The van der Waals surface area contributed by atoms with E-state index in [4.69, 9.17) is 4.42 Å². The second-order valence-corrected chi connectivity index (χ2v) is 17.3. The topological polar surface area (TPSA) is 377 Å². The van der Waals surface area contributed by atoms with Gasteiger partial charge in [0, 0.05) is 61.1 Å². The highest BCUT2D eigenvalue weighted by Crippen LogP contribution is 2.01. The van der Waals surface area contributed by atoms with Gasteiger partial charge in [-0.25, -0.2) is 24.9 Å². The normalized spacial score (nSPS) is 8.83. The van der Waals surface area contributed by atoms with Crippen LogP contribution in [-0.2, 0) is 0 Å². The molecule has 0 radical (unpaired) electrons. The Kier molecular flexibility index (Phi) is 38.5. The largest absolute Gasteiger partial charge is 0.472 e. The lowest BCUT2D eigenvalue weighted by Gasteiger charge is -1.68. The van der Waals surface area contributed by atoms with E-state index in [0.717, 1.165) is 44.6 Å². The van der Waals surface area contributed by atoms with Crippen molar-refractivity contribution in [3.8, 4) is 0 Å². The number of hydrogen-bond acceptors (Lipinski definition) is 26. The van der Waals surface area contributed by atoms with Gasteiger partial charge in [-0.3, -0.25) is 10.2 Å². The molecule has 13 heterocycles. The van der Waals surface area contributed by atoms with E-state index in [1.54, 1.807) is 98.9 Å². The van der Waals surface area contributed by atoms with Crippen LogP contribution in [0.1, 0.15) is 73.1 Å². The van der Waals surface area contributed by atoms with Crippen molar-refractivity contribution >= 4 is 34.2 Å². The summed E-state index contributed by atoms with van der Waals surface area (Å²) in [5.74, 6) is 4.64. The molecular formula is C47H65N23O5S3. The number of rotatable bonds is 0. The van der Waals surface area contributed by atoms with E-state index in [1.807, 2.05) is 79.9 Å². The van der Waals surface area contributed by atoms with Gasteiger partial charge < -0.3 is 37.4 Å². The number of imidazole rings is 2. The lowest BCUT2D eigenvalue weighted by molar-refractivity contribution is 0.374. The van der Waals surface area contributed by atoms with Crippen LogP contribution in [0.25, 0.3) is 0 Å². The van der Waals surface area contributed by atoms with E-state index in [-0.39, 0.29) is 0 Å². The molecule has 0 aliphatic carbocycles. The number of aromatic nitrogens is 23. The van der Waals surface area contributed by atoms with E-state index in [0.29, 0.717) is 11.8 Å². The van der Waals surface area contributed by atoms with Crippen molar-refractivity contribution < 1.29 is 22.4 Å². The second kappa shape index (κ2) is 45.1. The van der Waals surface area contributed by atoms with Crippen molar-refractivity contribution in [2.75, 3.05) is 0 Å². The summed E-state index contributed by atoms with van der Waals surface area (Å²) in [6.45, 7) is 24.7. The van der Waals surface area contributed by atoms with Gasteiger partial charge in [-0.2, -0.15) is 30.9 Å². The highest BCUT2D eigenvalue weighted by molar-refractivity contribution is 7.09. The van der Waals surface area contributed by atoms with Gasteiger partial charge in [0.05, 0.1) is 25.1 Å². The van der Waals surface area contributed by atoms with E-state index in [2.05, 4.69) is 165 Å². The lowest BCUT2D eigenvalue weighted by atomic mass is 10.4. The zero-order chi connectivity index (χ0) is 57.3. The Bertz CT molecular complexity index is 2230. The summed E-state index contributed by atoms with van der Waals surface area (Å²) in [6.07, 6.45) is 24.4. The standard InChI is InChI=1S/C5H7N.C5H6O.C5H6S.2C4H6N2.2C3H5N3.4C3H4N2O.2C3H4N2S/c3*1-5-2-3-6-4-5;1-4-2-5-3-6-4;1-4-5-2-3-6-4;2*1-3-4-2-5-6-3;1-3-5-4-2-6-3;1-3-4-2-5-6-3;1-3-2-6-5-4-3;1-3-2-4-5-6-3;1-3-5-4-2-6-3;1-3-4-2-5-6-3/h2-4,6H,1H3;2*2-4H,1H3;2*2-3H,1H3,(H,5,6);2*2H,1H3,(H,4,5,6);6*2H,1H3. The number of hydrogen-bond donors (Lipinski definition) is 5. The summed E-state index contributed by atoms with van der Waals surface area (Å²) in [6, 6.07) is 6.05. The molecule has 0 aliphatic rings. The number of aryl methyl sites for hydroxylation is 13. The summed E-state index contributed by atoms with van der Waals surface area (Å²) in [7, 11) is 0. The quantitative estimate of drug-likeness (QED) is 0.0942. The zero-order valence-electron chi connectivity index (χ0n) is 45.4. The third-order valence-electron chi connectivity index (χ3n) is 7.24. The molecule has 0 atom stereocenters. The third kappa shape index (κ3) is 43.1. The maximum absolute atomic E-state index is 4.71. The summed E-state index contributed by atoms with van der Waals surface area (Å²) in [4.78, 5) is 31.3. The Morgan fingerprint density at radius 3 is 1.51 bits per heavy atom. The van der Waals surface area contributed by atoms with Crippen LogP contribution in [0.2, 0.25) is 0 Å². The van der Waals surface area contributed by atoms with Gasteiger partial charge in [0.15, 0.2) is 12.1 Å². The predicted molar refractivity (Wildman–Crippen MR) is 292 cm³/mol. The van der Waals surface area contributed by atoms with Gasteiger partial charge in [0.2, 0.25) is 18.2 Å². The molecule has 0 unspecified atom stereocenters. The van der Waals surface area contributed by atoms with Crippen molar-refractivity contribution in [1.29, 1.82) is 0 Å². The lowest BCUT2D eigenvalue weighted by Crippen LogP contribution is -1.68. The first-order valence-electron chi connectivity index (χ1n) is 22.6. The molecule has 0 aliphatic heterocycles. The van der Waals surface area contributed by atoms with Crippen LogP contribution in [0, 0.1) is 90.0 Å². The third-order valence-corrected chi connectivity index (χ3v) is 9.24. The molecule has 28 nitrogen and oxygen atoms in total. The second-order valence-electron chi connectivity index (χ2n) is 14.5. The molecule has 0 fully saturated rings. The summed E-state index contributed by atoms with van der Waals surface area (Å²) in [5, 5.41) is 49.5. The smallest absolute Gasteiger partial charge is 0.223 e. The molecule has 31 heteroatoms. The van der Waals surface area contributed by atoms with Crippen molar-refractivity contribution in [3.63, 3.8) is 0 Å². The molecule has 0 aromatic carbocycles. The van der Waals surface area contributed by atoms with Crippen molar-refractivity contribution in [3.05, 3.63) is 202 Å². The molecule has 5 N–H and O–H groups in total.